The van der Waals surface area contributed by atoms with Crippen LogP contribution in [0.1, 0.15) is 32.6 Å². The SMILES string of the molecule is CCC[C@@H](NC(=O)CCCNc1ccccc1[N+](=O)[O-])C(=O)OC. The second-order valence-corrected chi connectivity index (χ2v) is 5.24. The van der Waals surface area contributed by atoms with Crippen LogP contribution in [0.5, 0.6) is 0 Å². The lowest BCUT2D eigenvalue weighted by atomic mass is 10.1. The predicted octanol–water partition coefficient (Wildman–Crippen LogP) is 2.24. The number of methoxy groups -OCH3 is 1. The van der Waals surface area contributed by atoms with Crippen LogP contribution < -0.4 is 10.6 Å². The number of carbonyl (C=O) groups is 2. The Kier molecular flexibility index (Phi) is 8.24. The van der Waals surface area contributed by atoms with Crippen molar-refractivity contribution in [3.63, 3.8) is 0 Å². The molecule has 0 heterocycles. The first-order valence-electron chi connectivity index (χ1n) is 7.84. The van der Waals surface area contributed by atoms with Crippen LogP contribution in [0.15, 0.2) is 24.3 Å². The van der Waals surface area contributed by atoms with Gasteiger partial charge in [-0.3, -0.25) is 14.9 Å². The lowest BCUT2D eigenvalue weighted by Gasteiger charge is -2.15. The van der Waals surface area contributed by atoms with Crippen molar-refractivity contribution in [3.05, 3.63) is 34.4 Å². The molecule has 8 nitrogen and oxygen atoms in total. The van der Waals surface area contributed by atoms with Crippen molar-refractivity contribution in [3.8, 4) is 0 Å². The van der Waals surface area contributed by atoms with Crippen LogP contribution in [-0.4, -0.2) is 36.5 Å². The Balaban J connectivity index is 2.41. The van der Waals surface area contributed by atoms with Crippen molar-refractivity contribution >= 4 is 23.3 Å². The third kappa shape index (κ3) is 6.23. The Morgan fingerprint density at radius 3 is 2.67 bits per heavy atom. The molecular formula is C16H23N3O5. The van der Waals surface area contributed by atoms with E-state index >= 15 is 0 Å². The van der Waals surface area contributed by atoms with E-state index in [0.717, 1.165) is 6.42 Å². The number of nitrogens with one attached hydrogen (secondary N) is 2. The number of nitrogens with zero attached hydrogens (tertiary/aromatic N) is 1. The van der Waals surface area contributed by atoms with Crippen LogP contribution in [0, 0.1) is 10.1 Å². The summed E-state index contributed by atoms with van der Waals surface area (Å²) in [7, 11) is 1.29. The van der Waals surface area contributed by atoms with E-state index in [9.17, 15) is 19.7 Å². The molecular weight excluding hydrogens is 314 g/mol. The van der Waals surface area contributed by atoms with Gasteiger partial charge in [0.1, 0.15) is 11.7 Å². The molecule has 0 bridgehead atoms. The first-order chi connectivity index (χ1) is 11.5. The highest BCUT2D eigenvalue weighted by molar-refractivity contribution is 5.84. The van der Waals surface area contributed by atoms with E-state index in [1.54, 1.807) is 18.2 Å². The molecule has 24 heavy (non-hydrogen) atoms. The van der Waals surface area contributed by atoms with Crippen LogP contribution in [0.2, 0.25) is 0 Å². The summed E-state index contributed by atoms with van der Waals surface area (Å²) in [5.74, 6) is -0.702. The molecule has 1 atom stereocenters. The van der Waals surface area contributed by atoms with Gasteiger partial charge in [-0.25, -0.2) is 4.79 Å². The van der Waals surface area contributed by atoms with Gasteiger partial charge in [-0.2, -0.15) is 0 Å². The number of benzene rings is 1. The average Bonchev–Trinajstić information content (AvgIpc) is 2.57. The maximum absolute atomic E-state index is 11.9. The molecule has 0 aromatic heterocycles. The zero-order valence-corrected chi connectivity index (χ0v) is 13.9. The second kappa shape index (κ2) is 10.2. The largest absolute Gasteiger partial charge is 0.467 e. The van der Waals surface area contributed by atoms with Crippen molar-refractivity contribution < 1.29 is 19.2 Å². The van der Waals surface area contributed by atoms with E-state index in [1.807, 2.05) is 6.92 Å². The Labute approximate surface area is 140 Å². The minimum atomic E-state index is -0.629. The van der Waals surface area contributed by atoms with E-state index in [4.69, 9.17) is 0 Å². The summed E-state index contributed by atoms with van der Waals surface area (Å²) in [5.41, 5.74) is 0.414. The summed E-state index contributed by atoms with van der Waals surface area (Å²) in [6.07, 6.45) is 1.97. The number of para-hydroxylation sites is 2. The number of esters is 1. The van der Waals surface area contributed by atoms with Crippen LogP contribution in [-0.2, 0) is 14.3 Å². The predicted molar refractivity (Wildman–Crippen MR) is 89.7 cm³/mol. The van der Waals surface area contributed by atoms with E-state index in [-0.39, 0.29) is 18.0 Å². The standard InChI is InChI=1S/C16H23N3O5/c1-3-7-13(16(21)24-2)18-15(20)10-6-11-17-12-8-4-5-9-14(12)19(22)23/h4-5,8-9,13,17H,3,6-7,10-11H2,1-2H3,(H,18,20)/t13-/m1/s1. The molecule has 0 saturated heterocycles. The summed E-state index contributed by atoms with van der Waals surface area (Å²) in [6.45, 7) is 2.33. The van der Waals surface area contributed by atoms with Gasteiger partial charge < -0.3 is 15.4 Å². The molecule has 1 aromatic rings. The highest BCUT2D eigenvalue weighted by Crippen LogP contribution is 2.22. The van der Waals surface area contributed by atoms with Gasteiger partial charge in [0, 0.05) is 19.0 Å². The zero-order chi connectivity index (χ0) is 17.9. The van der Waals surface area contributed by atoms with Gasteiger partial charge in [0.05, 0.1) is 12.0 Å². The molecule has 1 aromatic carbocycles. The first kappa shape index (κ1) is 19.4. The lowest BCUT2D eigenvalue weighted by Crippen LogP contribution is -2.41. The summed E-state index contributed by atoms with van der Waals surface area (Å²) in [5, 5.41) is 16.5. The first-order valence-corrected chi connectivity index (χ1v) is 7.84. The minimum absolute atomic E-state index is 0.00403. The van der Waals surface area contributed by atoms with Gasteiger partial charge in [0.15, 0.2) is 0 Å². The minimum Gasteiger partial charge on any atom is -0.467 e. The van der Waals surface area contributed by atoms with E-state index in [0.29, 0.717) is 25.1 Å². The Morgan fingerprint density at radius 2 is 2.04 bits per heavy atom. The molecule has 0 saturated carbocycles. The summed E-state index contributed by atoms with van der Waals surface area (Å²) in [4.78, 5) is 33.9. The lowest BCUT2D eigenvalue weighted by molar-refractivity contribution is -0.384. The monoisotopic (exact) mass is 337 g/mol. The van der Waals surface area contributed by atoms with Crippen LogP contribution in [0.3, 0.4) is 0 Å². The molecule has 132 valence electrons. The van der Waals surface area contributed by atoms with Gasteiger partial charge >= 0.3 is 5.97 Å². The molecule has 8 heteroatoms. The molecule has 1 rings (SSSR count). The van der Waals surface area contributed by atoms with Gasteiger partial charge in [0.25, 0.3) is 5.69 Å². The summed E-state index contributed by atoms with van der Waals surface area (Å²) < 4.78 is 4.66. The molecule has 0 aliphatic rings. The number of carbonyl (C=O) groups excluding carboxylic acids is 2. The fourth-order valence-corrected chi connectivity index (χ4v) is 2.20. The van der Waals surface area contributed by atoms with Crippen molar-refractivity contribution in [2.45, 2.75) is 38.6 Å². The smallest absolute Gasteiger partial charge is 0.328 e. The molecule has 1 amide bonds. The van der Waals surface area contributed by atoms with Gasteiger partial charge in [-0.05, 0) is 18.9 Å². The van der Waals surface area contributed by atoms with E-state index < -0.39 is 16.9 Å². The summed E-state index contributed by atoms with van der Waals surface area (Å²) in [6, 6.07) is 5.70. The Hall–Kier alpha value is -2.64. The zero-order valence-electron chi connectivity index (χ0n) is 13.9. The topological polar surface area (TPSA) is 111 Å². The molecule has 0 aliphatic heterocycles. The Morgan fingerprint density at radius 1 is 1.33 bits per heavy atom. The number of rotatable bonds is 10. The normalized spacial score (nSPS) is 11.4. The number of nitro groups is 1. The maximum Gasteiger partial charge on any atom is 0.328 e. The van der Waals surface area contributed by atoms with E-state index in [1.165, 1.54) is 13.2 Å². The summed E-state index contributed by atoms with van der Waals surface area (Å²) >= 11 is 0. The number of hydrogen-bond acceptors (Lipinski definition) is 6. The number of hydrogen-bond donors (Lipinski definition) is 2. The Bertz CT molecular complexity index is 577. The molecule has 0 radical (unpaired) electrons. The van der Waals surface area contributed by atoms with E-state index in [2.05, 4.69) is 15.4 Å². The fraction of sp³-hybridized carbons (Fsp3) is 0.500. The maximum atomic E-state index is 11.9. The molecule has 0 unspecified atom stereocenters. The average molecular weight is 337 g/mol. The number of anilines is 1. The molecule has 2 N–H and O–H groups in total. The van der Waals surface area contributed by atoms with Gasteiger partial charge in [-0.15, -0.1) is 0 Å². The third-order valence-corrected chi connectivity index (χ3v) is 3.40. The quantitative estimate of drug-likeness (QED) is 0.293. The van der Waals surface area contributed by atoms with Crippen molar-refractivity contribution in [2.75, 3.05) is 19.0 Å². The van der Waals surface area contributed by atoms with Crippen LogP contribution >= 0.6 is 0 Å². The number of amides is 1. The van der Waals surface area contributed by atoms with Gasteiger partial charge in [0.2, 0.25) is 5.91 Å². The van der Waals surface area contributed by atoms with Crippen LogP contribution in [0.25, 0.3) is 0 Å². The molecule has 0 spiro atoms. The molecule has 0 fully saturated rings. The highest BCUT2D eigenvalue weighted by atomic mass is 16.6. The van der Waals surface area contributed by atoms with Crippen molar-refractivity contribution in [1.82, 2.24) is 5.32 Å². The number of ether oxygens (including phenoxy) is 1. The van der Waals surface area contributed by atoms with Crippen molar-refractivity contribution in [2.24, 2.45) is 0 Å². The second-order valence-electron chi connectivity index (χ2n) is 5.24. The van der Waals surface area contributed by atoms with Crippen molar-refractivity contribution in [1.29, 1.82) is 0 Å². The van der Waals surface area contributed by atoms with Crippen LogP contribution in [0.4, 0.5) is 11.4 Å². The fourth-order valence-electron chi connectivity index (χ4n) is 2.20. The number of nitro benzene ring substituents is 1. The molecule has 0 aliphatic carbocycles. The van der Waals surface area contributed by atoms with Gasteiger partial charge in [-0.1, -0.05) is 25.5 Å². The third-order valence-electron chi connectivity index (χ3n) is 3.40. The highest BCUT2D eigenvalue weighted by Gasteiger charge is 2.20.